The summed E-state index contributed by atoms with van der Waals surface area (Å²) in [6.07, 6.45) is -30.0. The van der Waals surface area contributed by atoms with Crippen LogP contribution < -0.4 is 14.0 Å². The summed E-state index contributed by atoms with van der Waals surface area (Å²) in [7, 11) is -3.28. The van der Waals surface area contributed by atoms with Crippen molar-refractivity contribution < 1.29 is 124 Å². The Kier molecular flexibility index (Phi) is 29.1. The molecule has 4 aromatic rings. The van der Waals surface area contributed by atoms with Crippen LogP contribution in [0.3, 0.4) is 0 Å². The number of quaternary nitrogens is 1. The molecule has 1 unspecified atom stereocenters. The number of halogens is 24. The number of hydrogen-bond acceptors (Lipinski definition) is 3. The van der Waals surface area contributed by atoms with E-state index in [1.54, 1.807) is 13.0 Å². The van der Waals surface area contributed by atoms with Gasteiger partial charge in [0.2, 0.25) is 0 Å². The first-order valence-electron chi connectivity index (χ1n) is 28.9. The van der Waals surface area contributed by atoms with E-state index in [9.17, 15) is 92.2 Å². The van der Waals surface area contributed by atoms with Gasteiger partial charge in [-0.15, -0.1) is 6.07 Å². The van der Waals surface area contributed by atoms with Crippen LogP contribution in [-0.4, -0.2) is 31.4 Å². The molecule has 0 aromatic heterocycles. The predicted molar refractivity (Wildman–Crippen MR) is 285 cm³/mol. The summed E-state index contributed by atoms with van der Waals surface area (Å²) in [6.45, 7) is 8.20. The van der Waals surface area contributed by atoms with Crippen molar-refractivity contribution in [2.75, 3.05) is 19.6 Å². The van der Waals surface area contributed by atoms with E-state index in [0.29, 0.717) is 50.7 Å². The summed E-state index contributed by atoms with van der Waals surface area (Å²) in [5.41, 5.74) is -15.9. The van der Waals surface area contributed by atoms with Crippen molar-refractivity contribution in [3.8, 4) is 17.2 Å². The van der Waals surface area contributed by atoms with E-state index in [-0.39, 0.29) is 91.6 Å². The van der Waals surface area contributed by atoms with Gasteiger partial charge in [0.1, 0.15) is 23.3 Å². The fraction of sp³-hybridized carbons (Fsp3) is 0.600. The number of benzene rings is 4. The van der Waals surface area contributed by atoms with Crippen LogP contribution in [0.15, 0.2) is 66.7 Å². The summed E-state index contributed by atoms with van der Waals surface area (Å²) in [5.74, 6) is -4.51. The van der Waals surface area contributed by atoms with Crippen LogP contribution in [0.5, 0.6) is 17.2 Å². The summed E-state index contributed by atoms with van der Waals surface area (Å²) in [5, 5.41) is 0. The van der Waals surface area contributed by atoms with Crippen molar-refractivity contribution in [2.24, 2.45) is 0 Å². The molecule has 0 heterocycles. The van der Waals surface area contributed by atoms with Crippen LogP contribution in [0.25, 0.3) is 0 Å². The van der Waals surface area contributed by atoms with E-state index in [0.717, 1.165) is 77.0 Å². The van der Waals surface area contributed by atoms with Crippen LogP contribution in [-0.2, 0) is 49.4 Å². The monoisotopic (exact) mass is 1320 g/mol. The highest BCUT2D eigenvalue weighted by atomic mass is 19.4. The number of nitrogens with zero attached hydrogens (tertiary/aromatic N) is 1. The highest BCUT2D eigenvalue weighted by Gasteiger charge is 2.49. The second-order valence-electron chi connectivity index (χ2n) is 21.6. The Labute approximate surface area is 501 Å². The third-order valence-corrected chi connectivity index (χ3v) is 14.5. The van der Waals surface area contributed by atoms with E-state index in [4.69, 9.17) is 14.0 Å². The molecule has 0 aliphatic rings. The SMILES string of the molecule is CCCCCCCC[N+](CCCCCCCC)(CCCCCCCC)C(CCC)c1c(OB(Oc2cc(C(F)(F)F)cc(C(F)(F)F)c2)Oc2cc(C(F)(F)F)cc(C(F)(F)F)c2)cc(C(F)(F)F)cc1C(F)(F)F.FC(F)(F)c1c[c-]cc(C(F)(F)F)c1. The molecular formula is C60H70BF24NO3. The minimum Gasteiger partial charge on any atom is -0.490 e. The average Bonchev–Trinajstić information content (AvgIpc) is 0.817. The van der Waals surface area contributed by atoms with Gasteiger partial charge in [-0.05, 0) is 87.1 Å². The summed E-state index contributed by atoms with van der Waals surface area (Å²) < 4.78 is 349. The Hall–Kier alpha value is -5.38. The molecule has 89 heavy (non-hydrogen) atoms. The van der Waals surface area contributed by atoms with Gasteiger partial charge in [-0.2, -0.15) is 124 Å². The van der Waals surface area contributed by atoms with Gasteiger partial charge in [-0.3, -0.25) is 0 Å². The standard InChI is InChI=1S/C52H67BF18NO3.C8H3F6/c1-5-9-12-15-18-21-25-72(26-22-19-16-13-10-6-2,27-23-20-17-14-11-7-3)44(24-8-4)46-43(52(69,70)71)34-40(51(66,67)68)35-45(46)75-53(73-41-30-36(47(54,55)56)28-37(31-41)48(57,58)59)74-42-32-38(49(60,61)62)29-39(33-42)50(63,64)65;9-7(10,11)5-2-1-3-6(4-5)8(12,13)14/h28-35,44H,5-27H2,1-4H3;2-4H/q+1;-1. The van der Waals surface area contributed by atoms with Gasteiger partial charge < -0.3 is 18.4 Å². The summed E-state index contributed by atoms with van der Waals surface area (Å²) >= 11 is 0. The normalized spacial score (nSPS) is 13.5. The Morgan fingerprint density at radius 1 is 0.337 bits per heavy atom. The average molecular weight is 1320 g/mol. The molecule has 4 aromatic carbocycles. The maximum Gasteiger partial charge on any atom is 0.864 e. The minimum absolute atomic E-state index is 0.0521. The second-order valence-corrected chi connectivity index (χ2v) is 21.6. The van der Waals surface area contributed by atoms with Gasteiger partial charge in [-0.25, -0.2) is 0 Å². The molecule has 0 fully saturated rings. The molecule has 0 spiro atoms. The van der Waals surface area contributed by atoms with E-state index in [2.05, 4.69) is 0 Å². The molecule has 1 atom stereocenters. The molecule has 0 aliphatic heterocycles. The smallest absolute Gasteiger partial charge is 0.490 e. The van der Waals surface area contributed by atoms with Crippen molar-refractivity contribution in [1.82, 2.24) is 0 Å². The lowest BCUT2D eigenvalue weighted by atomic mass is 9.88. The molecule has 0 amide bonds. The van der Waals surface area contributed by atoms with Gasteiger partial charge in [0, 0.05) is 6.42 Å². The maximum absolute atomic E-state index is 15.8. The van der Waals surface area contributed by atoms with E-state index in [1.807, 2.05) is 20.8 Å². The van der Waals surface area contributed by atoms with E-state index in [1.165, 1.54) is 0 Å². The molecule has 4 rings (SSSR count). The van der Waals surface area contributed by atoms with Crippen molar-refractivity contribution in [1.29, 1.82) is 0 Å². The first kappa shape index (κ1) is 77.9. The molecule has 0 N–H and O–H groups in total. The van der Waals surface area contributed by atoms with Gasteiger partial charge in [0.15, 0.2) is 0 Å². The van der Waals surface area contributed by atoms with Crippen molar-refractivity contribution in [2.45, 2.75) is 212 Å². The fourth-order valence-corrected chi connectivity index (χ4v) is 10.0. The zero-order valence-corrected chi connectivity index (χ0v) is 49.0. The summed E-state index contributed by atoms with van der Waals surface area (Å²) in [4.78, 5) is 0. The first-order valence-corrected chi connectivity index (χ1v) is 28.9. The lowest BCUT2D eigenvalue weighted by molar-refractivity contribution is -0.958. The number of hydrogen-bond donors (Lipinski definition) is 0. The Morgan fingerprint density at radius 3 is 0.921 bits per heavy atom. The molecule has 0 bridgehead atoms. The molecule has 504 valence electrons. The van der Waals surface area contributed by atoms with Crippen LogP contribution in [0.4, 0.5) is 105 Å². The fourth-order valence-electron chi connectivity index (χ4n) is 10.0. The van der Waals surface area contributed by atoms with Crippen molar-refractivity contribution in [3.05, 3.63) is 123 Å². The maximum atomic E-state index is 15.8. The molecule has 29 heteroatoms. The van der Waals surface area contributed by atoms with Crippen molar-refractivity contribution >= 4 is 7.32 Å². The minimum atomic E-state index is -5.65. The van der Waals surface area contributed by atoms with E-state index >= 15 is 13.2 Å². The molecule has 0 saturated heterocycles. The quantitative estimate of drug-likeness (QED) is 0.0165. The lowest BCUT2D eigenvalue weighted by Gasteiger charge is -2.47. The topological polar surface area (TPSA) is 27.7 Å². The molecule has 0 aliphatic carbocycles. The molecule has 0 radical (unpaired) electrons. The zero-order valence-electron chi connectivity index (χ0n) is 49.0. The highest BCUT2D eigenvalue weighted by Crippen LogP contribution is 2.50. The van der Waals surface area contributed by atoms with Crippen molar-refractivity contribution in [3.63, 3.8) is 0 Å². The Morgan fingerprint density at radius 2 is 0.629 bits per heavy atom. The third kappa shape index (κ3) is 25.7. The highest BCUT2D eigenvalue weighted by molar-refractivity contribution is 6.39. The third-order valence-electron chi connectivity index (χ3n) is 14.5. The lowest BCUT2D eigenvalue weighted by Crippen LogP contribution is -2.53. The first-order chi connectivity index (χ1) is 41.0. The van der Waals surface area contributed by atoms with Crippen LogP contribution in [0.1, 0.15) is 212 Å². The Balaban J connectivity index is 0.00000129. The van der Waals surface area contributed by atoms with Crippen LogP contribution in [0, 0.1) is 6.07 Å². The summed E-state index contributed by atoms with van der Waals surface area (Å²) in [6, 6.07) is 0.0661. The second kappa shape index (κ2) is 33.3. The van der Waals surface area contributed by atoms with Gasteiger partial charge in [0.25, 0.3) is 0 Å². The number of unbranched alkanes of at least 4 members (excludes halogenated alkanes) is 15. The van der Waals surface area contributed by atoms with Crippen LogP contribution in [0.2, 0.25) is 0 Å². The molecule has 4 nitrogen and oxygen atoms in total. The van der Waals surface area contributed by atoms with Gasteiger partial charge in [0.05, 0.1) is 58.6 Å². The van der Waals surface area contributed by atoms with E-state index < -0.39 is 130 Å². The van der Waals surface area contributed by atoms with Gasteiger partial charge >= 0.3 is 56.7 Å². The number of alkyl halides is 24. The molecule has 0 saturated carbocycles. The van der Waals surface area contributed by atoms with Crippen LogP contribution >= 0.6 is 0 Å². The zero-order chi connectivity index (χ0) is 67.5. The Bertz CT molecular complexity index is 2530. The molecular weight excluding hydrogens is 1250 g/mol. The number of rotatable bonds is 31. The predicted octanol–water partition coefficient (Wildman–Crippen LogP) is 23.6. The largest absolute Gasteiger partial charge is 0.864 e. The van der Waals surface area contributed by atoms with Gasteiger partial charge in [-0.1, -0.05) is 122 Å².